The van der Waals surface area contributed by atoms with Gasteiger partial charge in [-0.2, -0.15) is 0 Å². The molecule has 1 aromatic rings. The molecule has 4 N–H and O–H groups in total. The van der Waals surface area contributed by atoms with Gasteiger partial charge >= 0.3 is 0 Å². The lowest BCUT2D eigenvalue weighted by Gasteiger charge is -2.52. The molecule has 5 aliphatic rings. The van der Waals surface area contributed by atoms with E-state index < -0.39 is 64.4 Å². The van der Waals surface area contributed by atoms with E-state index >= 15 is 0 Å². The first-order valence-electron chi connectivity index (χ1n) is 13.8. The first-order chi connectivity index (χ1) is 18.8. The maximum Gasteiger partial charge on any atom is 0.235 e. The third-order valence-corrected chi connectivity index (χ3v) is 10.8. The van der Waals surface area contributed by atoms with Gasteiger partial charge in [-0.25, -0.2) is 0 Å². The summed E-state index contributed by atoms with van der Waals surface area (Å²) >= 11 is 6.89. The predicted octanol–water partition coefficient (Wildman–Crippen LogP) is 0.895. The lowest BCUT2D eigenvalue weighted by atomic mass is 9.52. The van der Waals surface area contributed by atoms with Gasteiger partial charge in [0.1, 0.15) is 5.75 Å². The molecule has 40 heavy (non-hydrogen) atoms. The Morgan fingerprint density at radius 2 is 1.77 bits per heavy atom. The molecule has 6 rings (SSSR count). The van der Waals surface area contributed by atoms with Gasteiger partial charge in [0.15, 0.2) is 34.7 Å². The van der Waals surface area contributed by atoms with Crippen LogP contribution in [-0.2, 0) is 32.1 Å². The number of carbonyl (C=O) groups is 5. The second kappa shape index (κ2) is 8.92. The maximum atomic E-state index is 13.9. The summed E-state index contributed by atoms with van der Waals surface area (Å²) in [7, 11) is 5.17. The molecule has 1 aromatic carbocycles. The van der Waals surface area contributed by atoms with Crippen LogP contribution in [0, 0.1) is 29.6 Å². The number of hydrogen-bond donors (Lipinski definition) is 3. The molecule has 4 saturated carbocycles. The van der Waals surface area contributed by atoms with Crippen LogP contribution in [0.4, 0.5) is 0 Å². The maximum absolute atomic E-state index is 13.9. The number of Topliss-reactive ketones (excluding diaryl/α,β-unsaturated/α-hetero) is 4. The number of fused-ring (bicyclic) bond motifs is 3. The van der Waals surface area contributed by atoms with Crippen molar-refractivity contribution in [3.05, 3.63) is 27.8 Å². The van der Waals surface area contributed by atoms with Gasteiger partial charge < -0.3 is 15.9 Å². The van der Waals surface area contributed by atoms with Gasteiger partial charge in [-0.3, -0.25) is 33.8 Å². The van der Waals surface area contributed by atoms with Crippen molar-refractivity contribution >= 4 is 40.6 Å². The summed E-state index contributed by atoms with van der Waals surface area (Å²) < 4.78 is 0. The first kappa shape index (κ1) is 27.5. The fourth-order valence-corrected chi connectivity index (χ4v) is 8.37. The van der Waals surface area contributed by atoms with E-state index in [-0.39, 0.29) is 29.7 Å². The zero-order chi connectivity index (χ0) is 29.0. The van der Waals surface area contributed by atoms with Crippen LogP contribution >= 0.6 is 11.6 Å². The van der Waals surface area contributed by atoms with Gasteiger partial charge in [0.05, 0.1) is 17.5 Å². The monoisotopic (exact) mass is 571 g/mol. The van der Waals surface area contributed by atoms with E-state index in [9.17, 15) is 34.2 Å². The van der Waals surface area contributed by atoms with Crippen molar-refractivity contribution in [2.45, 2.75) is 62.3 Å². The minimum Gasteiger partial charge on any atom is -0.507 e. The smallest absolute Gasteiger partial charge is 0.235 e. The van der Waals surface area contributed by atoms with Gasteiger partial charge in [-0.15, -0.1) is 0 Å². The van der Waals surface area contributed by atoms with Gasteiger partial charge in [-0.05, 0) is 88.7 Å². The van der Waals surface area contributed by atoms with Crippen LogP contribution < -0.4 is 5.73 Å². The highest BCUT2D eigenvalue weighted by molar-refractivity contribution is 6.34. The Morgan fingerprint density at radius 3 is 2.33 bits per heavy atom. The number of likely N-dealkylation sites (N-methyl/N-ethyl adjacent to an activating group) is 1. The van der Waals surface area contributed by atoms with Gasteiger partial charge in [0.25, 0.3) is 0 Å². The van der Waals surface area contributed by atoms with E-state index in [0.717, 1.165) is 12.8 Å². The number of benzene rings is 1. The Kier molecular flexibility index (Phi) is 6.13. The zero-order valence-electron chi connectivity index (χ0n) is 22.8. The van der Waals surface area contributed by atoms with E-state index in [4.69, 9.17) is 17.3 Å². The SMILES string of the molecule is CN(C)[C@@H]1C(=O)C(C(N)=O)C(=O)[C@@]2(O)C(=O)C3C(=O)c4c(O)cc(CN(C)C5(C6CC6)CC5)c(Cl)c4C[C@H]3C[C@@H]12. The number of nitrogens with two attached hydrogens (primary N) is 1. The van der Waals surface area contributed by atoms with Crippen molar-refractivity contribution in [2.24, 2.45) is 35.3 Å². The van der Waals surface area contributed by atoms with E-state index in [2.05, 4.69) is 11.9 Å². The normalized spacial score (nSPS) is 34.5. The summed E-state index contributed by atoms with van der Waals surface area (Å²) in [5, 5.41) is 23.0. The third kappa shape index (κ3) is 3.62. The molecule has 4 fully saturated rings. The molecule has 0 heterocycles. The van der Waals surface area contributed by atoms with Gasteiger partial charge in [-0.1, -0.05) is 11.6 Å². The van der Waals surface area contributed by atoms with Crippen LogP contribution in [-0.4, -0.2) is 87.4 Å². The number of aromatic hydroxyl groups is 1. The minimum absolute atomic E-state index is 0.00406. The van der Waals surface area contributed by atoms with Crippen molar-refractivity contribution in [3.63, 3.8) is 0 Å². The van der Waals surface area contributed by atoms with E-state index in [0.29, 0.717) is 28.6 Å². The number of phenolic OH excluding ortho intramolecular Hbond substituents is 1. The Balaban J connectivity index is 1.39. The Bertz CT molecular complexity index is 1380. The molecular formula is C29H34ClN3O7. The summed E-state index contributed by atoms with van der Waals surface area (Å²) in [5.41, 5.74) is 3.84. The number of hydrogen-bond acceptors (Lipinski definition) is 9. The molecule has 0 bridgehead atoms. The summed E-state index contributed by atoms with van der Waals surface area (Å²) in [4.78, 5) is 70.1. The fraction of sp³-hybridized carbons (Fsp3) is 0.621. The molecule has 0 aliphatic heterocycles. The summed E-state index contributed by atoms with van der Waals surface area (Å²) in [6.07, 6.45) is 4.83. The van der Waals surface area contributed by atoms with Crippen LogP contribution in [0.15, 0.2) is 6.07 Å². The number of nitrogens with zero attached hydrogens (tertiary/aromatic N) is 2. The molecule has 10 nitrogen and oxygen atoms in total. The topological polar surface area (TPSA) is 158 Å². The Labute approximate surface area is 236 Å². The number of amides is 1. The summed E-state index contributed by atoms with van der Waals surface area (Å²) in [6.45, 7) is 0.500. The molecule has 11 heteroatoms. The second-order valence-corrected chi connectivity index (χ2v) is 13.1. The highest BCUT2D eigenvalue weighted by atomic mass is 35.5. The number of rotatable bonds is 6. The van der Waals surface area contributed by atoms with Gasteiger partial charge in [0.2, 0.25) is 5.91 Å². The number of primary amides is 1. The number of carbonyl (C=O) groups excluding carboxylic acids is 5. The minimum atomic E-state index is -2.74. The van der Waals surface area contributed by atoms with Crippen molar-refractivity contribution in [3.8, 4) is 5.75 Å². The Hall–Kier alpha value is -2.66. The molecule has 2 unspecified atom stereocenters. The van der Waals surface area contributed by atoms with E-state index in [1.807, 2.05) is 0 Å². The van der Waals surface area contributed by atoms with Crippen molar-refractivity contribution < 1.29 is 34.2 Å². The quantitative estimate of drug-likeness (QED) is 0.422. The molecule has 6 atom stereocenters. The molecule has 0 spiro atoms. The average molecular weight is 572 g/mol. The number of halogens is 1. The van der Waals surface area contributed by atoms with E-state index in [1.54, 1.807) is 14.1 Å². The predicted molar refractivity (Wildman–Crippen MR) is 143 cm³/mol. The Morgan fingerprint density at radius 1 is 1.12 bits per heavy atom. The van der Waals surface area contributed by atoms with Crippen LogP contribution in [0.5, 0.6) is 5.75 Å². The summed E-state index contributed by atoms with van der Waals surface area (Å²) in [5.74, 6) is -9.94. The molecule has 5 aliphatic carbocycles. The molecule has 0 radical (unpaired) electrons. The number of ketones is 4. The first-order valence-corrected chi connectivity index (χ1v) is 14.2. The number of aliphatic hydroxyl groups is 1. The van der Waals surface area contributed by atoms with Gasteiger partial charge in [0, 0.05) is 23.0 Å². The van der Waals surface area contributed by atoms with Crippen LogP contribution in [0.1, 0.15) is 53.6 Å². The van der Waals surface area contributed by atoms with Crippen molar-refractivity contribution in [1.82, 2.24) is 9.80 Å². The third-order valence-electron chi connectivity index (χ3n) is 10.3. The molecule has 214 valence electrons. The average Bonchev–Trinajstić information content (AvgIpc) is 3.77. The summed E-state index contributed by atoms with van der Waals surface area (Å²) in [6, 6.07) is 0.335. The fourth-order valence-electron chi connectivity index (χ4n) is 8.09. The van der Waals surface area contributed by atoms with Crippen LogP contribution in [0.3, 0.4) is 0 Å². The van der Waals surface area contributed by atoms with Crippen molar-refractivity contribution in [2.75, 3.05) is 21.1 Å². The molecule has 0 aromatic heterocycles. The van der Waals surface area contributed by atoms with Crippen LogP contribution in [0.2, 0.25) is 5.02 Å². The highest BCUT2D eigenvalue weighted by Gasteiger charge is 2.69. The van der Waals surface area contributed by atoms with Crippen molar-refractivity contribution in [1.29, 1.82) is 0 Å². The lowest BCUT2D eigenvalue weighted by molar-refractivity contribution is -0.181. The second-order valence-electron chi connectivity index (χ2n) is 12.7. The molecule has 1 amide bonds. The number of phenols is 1. The highest BCUT2D eigenvalue weighted by Crippen LogP contribution is 2.58. The molecule has 0 saturated heterocycles. The van der Waals surface area contributed by atoms with Crippen LogP contribution in [0.25, 0.3) is 0 Å². The zero-order valence-corrected chi connectivity index (χ0v) is 23.5. The molecular weight excluding hydrogens is 538 g/mol. The standard InChI is InChI=1S/C29H34ClN3O7/c1-32(2)22-16-9-12-8-15-19(17(34)10-13(21(15)30)11-33(3)28(6-7-28)14-4-5-14)23(35)18(12)25(37)29(16,40)26(38)20(24(22)36)27(31)39/h10,12,14,16,18,20,22,34,40H,4-9,11H2,1-3H3,(H2,31,39)/t12-,16-,18?,20?,22-,29-/m0/s1. The largest absolute Gasteiger partial charge is 0.507 e. The lowest BCUT2D eigenvalue weighted by Crippen LogP contribution is -2.74. The van der Waals surface area contributed by atoms with E-state index in [1.165, 1.54) is 23.8 Å².